The smallest absolute Gasteiger partial charge is 0.243 e. The number of nitrogens with one attached hydrogen (secondary N) is 2. The molecule has 0 saturated carbocycles. The number of benzene rings is 2. The van der Waals surface area contributed by atoms with Crippen LogP contribution in [0.5, 0.6) is 0 Å². The van der Waals surface area contributed by atoms with E-state index in [9.17, 15) is 8.42 Å². The van der Waals surface area contributed by atoms with Crippen molar-refractivity contribution < 1.29 is 13.2 Å². The molecule has 1 aliphatic heterocycles. The maximum Gasteiger partial charge on any atom is 0.243 e. The van der Waals surface area contributed by atoms with Crippen LogP contribution in [0, 0.1) is 0 Å². The summed E-state index contributed by atoms with van der Waals surface area (Å²) >= 11 is 5.37. The molecule has 2 N–H and O–H groups in total. The van der Waals surface area contributed by atoms with Crippen molar-refractivity contribution in [2.24, 2.45) is 0 Å². The fourth-order valence-electron chi connectivity index (χ4n) is 2.99. The third-order valence-electron chi connectivity index (χ3n) is 4.73. The third-order valence-corrected chi connectivity index (χ3v) is 6.85. The lowest BCUT2D eigenvalue weighted by atomic mass is 9.87. The zero-order valence-corrected chi connectivity index (χ0v) is 18.6. The van der Waals surface area contributed by atoms with Gasteiger partial charge in [0.15, 0.2) is 5.11 Å². The first kappa shape index (κ1) is 21.7. The molecule has 0 radical (unpaired) electrons. The van der Waals surface area contributed by atoms with Gasteiger partial charge < -0.3 is 15.4 Å². The molecule has 0 aliphatic carbocycles. The van der Waals surface area contributed by atoms with Crippen LogP contribution in [0.1, 0.15) is 26.3 Å². The summed E-state index contributed by atoms with van der Waals surface area (Å²) in [6.45, 7) is 8.12. The highest BCUT2D eigenvalue weighted by atomic mass is 32.2. The highest BCUT2D eigenvalue weighted by Gasteiger charge is 2.26. The van der Waals surface area contributed by atoms with E-state index < -0.39 is 10.0 Å². The summed E-state index contributed by atoms with van der Waals surface area (Å²) in [7, 11) is -3.49. The maximum absolute atomic E-state index is 12.7. The summed E-state index contributed by atoms with van der Waals surface area (Å²) in [5.74, 6) is 0. The largest absolute Gasteiger partial charge is 0.379 e. The fourth-order valence-corrected chi connectivity index (χ4v) is 4.64. The first-order valence-corrected chi connectivity index (χ1v) is 11.4. The quantitative estimate of drug-likeness (QED) is 0.715. The number of ether oxygens (including phenoxy) is 1. The van der Waals surface area contributed by atoms with E-state index in [0.29, 0.717) is 31.4 Å². The Morgan fingerprint density at radius 2 is 1.41 bits per heavy atom. The molecule has 1 fully saturated rings. The number of nitrogens with zero attached hydrogens (tertiary/aromatic N) is 1. The van der Waals surface area contributed by atoms with Crippen molar-refractivity contribution in [3.8, 4) is 0 Å². The van der Waals surface area contributed by atoms with Gasteiger partial charge >= 0.3 is 0 Å². The number of rotatable bonds is 4. The van der Waals surface area contributed by atoms with Crippen molar-refractivity contribution in [3.05, 3.63) is 54.1 Å². The summed E-state index contributed by atoms with van der Waals surface area (Å²) in [5, 5.41) is 6.67. The van der Waals surface area contributed by atoms with Crippen LogP contribution in [-0.4, -0.2) is 44.1 Å². The number of sulfonamides is 1. The van der Waals surface area contributed by atoms with Gasteiger partial charge in [0.2, 0.25) is 10.0 Å². The minimum Gasteiger partial charge on any atom is -0.379 e. The molecule has 0 bridgehead atoms. The van der Waals surface area contributed by atoms with Crippen molar-refractivity contribution >= 4 is 38.7 Å². The summed E-state index contributed by atoms with van der Waals surface area (Å²) in [5.41, 5.74) is 2.95. The predicted molar refractivity (Wildman–Crippen MR) is 121 cm³/mol. The molecule has 1 saturated heterocycles. The van der Waals surface area contributed by atoms with Gasteiger partial charge in [0.05, 0.1) is 18.1 Å². The summed E-state index contributed by atoms with van der Waals surface area (Å²) in [6.07, 6.45) is 0. The second-order valence-electron chi connectivity index (χ2n) is 7.95. The van der Waals surface area contributed by atoms with Crippen LogP contribution >= 0.6 is 12.2 Å². The third kappa shape index (κ3) is 5.54. The summed E-state index contributed by atoms with van der Waals surface area (Å²) in [4.78, 5) is 0.265. The number of hydrogen-bond acceptors (Lipinski definition) is 4. The van der Waals surface area contributed by atoms with Gasteiger partial charge in [-0.25, -0.2) is 8.42 Å². The molecule has 1 heterocycles. The van der Waals surface area contributed by atoms with Gasteiger partial charge in [-0.2, -0.15) is 4.31 Å². The highest BCUT2D eigenvalue weighted by Crippen LogP contribution is 2.24. The Morgan fingerprint density at radius 3 is 1.90 bits per heavy atom. The summed E-state index contributed by atoms with van der Waals surface area (Å²) < 4.78 is 32.0. The van der Waals surface area contributed by atoms with Crippen LogP contribution in [0.15, 0.2) is 53.4 Å². The van der Waals surface area contributed by atoms with Gasteiger partial charge in [0.1, 0.15) is 0 Å². The van der Waals surface area contributed by atoms with E-state index in [-0.39, 0.29) is 10.3 Å². The SMILES string of the molecule is CC(C)(C)c1ccc(NC(=S)Nc2ccc(S(=O)(=O)N3CCOCC3)cc2)cc1. The monoisotopic (exact) mass is 433 g/mol. The molecule has 0 aromatic heterocycles. The van der Waals surface area contributed by atoms with Crippen LogP contribution in [0.2, 0.25) is 0 Å². The number of hydrogen-bond donors (Lipinski definition) is 2. The topological polar surface area (TPSA) is 70.7 Å². The normalized spacial score (nSPS) is 15.7. The first-order valence-electron chi connectivity index (χ1n) is 9.53. The Morgan fingerprint density at radius 1 is 0.931 bits per heavy atom. The molecular weight excluding hydrogens is 406 g/mol. The molecule has 2 aromatic carbocycles. The lowest BCUT2D eigenvalue weighted by Crippen LogP contribution is -2.40. The van der Waals surface area contributed by atoms with Crippen molar-refractivity contribution in [3.63, 3.8) is 0 Å². The van der Waals surface area contributed by atoms with Crippen molar-refractivity contribution in [2.45, 2.75) is 31.1 Å². The molecular formula is C21H27N3O3S2. The zero-order chi connectivity index (χ0) is 21.1. The van der Waals surface area contributed by atoms with Gasteiger partial charge in [-0.05, 0) is 59.6 Å². The van der Waals surface area contributed by atoms with Gasteiger partial charge in [-0.15, -0.1) is 0 Å². The van der Waals surface area contributed by atoms with E-state index in [2.05, 4.69) is 43.5 Å². The average Bonchev–Trinajstić information content (AvgIpc) is 2.69. The van der Waals surface area contributed by atoms with Crippen molar-refractivity contribution in [2.75, 3.05) is 36.9 Å². The average molecular weight is 434 g/mol. The highest BCUT2D eigenvalue weighted by molar-refractivity contribution is 7.89. The maximum atomic E-state index is 12.7. The first-order chi connectivity index (χ1) is 13.7. The Kier molecular flexibility index (Phi) is 6.58. The second kappa shape index (κ2) is 8.79. The van der Waals surface area contributed by atoms with Crippen LogP contribution in [0.4, 0.5) is 11.4 Å². The number of thiocarbonyl (C=S) groups is 1. The van der Waals surface area contributed by atoms with E-state index >= 15 is 0 Å². The fraction of sp³-hybridized carbons (Fsp3) is 0.381. The lowest BCUT2D eigenvalue weighted by Gasteiger charge is -2.26. The van der Waals surface area contributed by atoms with Crippen LogP contribution in [0.3, 0.4) is 0 Å². The van der Waals surface area contributed by atoms with Crippen molar-refractivity contribution in [1.29, 1.82) is 0 Å². The van der Waals surface area contributed by atoms with E-state index in [4.69, 9.17) is 17.0 Å². The Bertz CT molecular complexity index is 944. The molecule has 0 amide bonds. The van der Waals surface area contributed by atoms with Gasteiger partial charge in [-0.3, -0.25) is 0 Å². The van der Waals surface area contributed by atoms with E-state index in [1.54, 1.807) is 24.3 Å². The number of morpholine rings is 1. The molecule has 3 rings (SSSR count). The Labute approximate surface area is 178 Å². The molecule has 8 heteroatoms. The molecule has 2 aromatic rings. The van der Waals surface area contributed by atoms with Gasteiger partial charge in [0.25, 0.3) is 0 Å². The standard InChI is InChI=1S/C21H27N3O3S2/c1-21(2,3)16-4-6-17(7-5-16)22-20(28)23-18-8-10-19(11-9-18)29(25,26)24-12-14-27-15-13-24/h4-11H,12-15H2,1-3H3,(H2,22,23,28). The minimum atomic E-state index is -3.49. The molecule has 0 atom stereocenters. The van der Waals surface area contributed by atoms with E-state index in [1.165, 1.54) is 9.87 Å². The summed E-state index contributed by atoms with van der Waals surface area (Å²) in [6, 6.07) is 14.8. The zero-order valence-electron chi connectivity index (χ0n) is 16.9. The van der Waals surface area contributed by atoms with Crippen LogP contribution < -0.4 is 10.6 Å². The van der Waals surface area contributed by atoms with E-state index in [1.807, 2.05) is 12.1 Å². The Hall–Kier alpha value is -2.00. The van der Waals surface area contributed by atoms with E-state index in [0.717, 1.165) is 11.4 Å². The van der Waals surface area contributed by atoms with Gasteiger partial charge in [0, 0.05) is 24.5 Å². The molecule has 156 valence electrons. The molecule has 0 spiro atoms. The molecule has 1 aliphatic rings. The van der Waals surface area contributed by atoms with Crippen molar-refractivity contribution in [1.82, 2.24) is 4.31 Å². The van der Waals surface area contributed by atoms with Gasteiger partial charge in [-0.1, -0.05) is 32.9 Å². The number of anilines is 2. The van der Waals surface area contributed by atoms with Crippen LogP contribution in [0.25, 0.3) is 0 Å². The van der Waals surface area contributed by atoms with Crippen LogP contribution in [-0.2, 0) is 20.2 Å². The Balaban J connectivity index is 1.61. The minimum absolute atomic E-state index is 0.0978. The predicted octanol–water partition coefficient (Wildman–Crippen LogP) is 3.81. The second-order valence-corrected chi connectivity index (χ2v) is 10.3. The molecule has 6 nitrogen and oxygen atoms in total. The molecule has 29 heavy (non-hydrogen) atoms. The lowest BCUT2D eigenvalue weighted by molar-refractivity contribution is 0.0730. The molecule has 0 unspecified atom stereocenters.